The van der Waals surface area contributed by atoms with Crippen LogP contribution < -0.4 is 24.3 Å². The smallest absolute Gasteiger partial charge is 0.203 e. The van der Waals surface area contributed by atoms with Crippen molar-refractivity contribution >= 4 is 34.5 Å². The molecule has 4 rings (SSSR count). The second-order valence-corrected chi connectivity index (χ2v) is 8.26. The van der Waals surface area contributed by atoms with Crippen molar-refractivity contribution in [3.63, 3.8) is 0 Å². The van der Waals surface area contributed by atoms with Gasteiger partial charge in [-0.1, -0.05) is 36.4 Å². The van der Waals surface area contributed by atoms with Gasteiger partial charge in [-0.25, -0.2) is 0 Å². The molecular weight excluding hydrogens is 468 g/mol. The lowest BCUT2D eigenvalue weighted by Crippen LogP contribution is -1.97. The van der Waals surface area contributed by atoms with Gasteiger partial charge in [-0.2, -0.15) is 0 Å². The highest BCUT2D eigenvalue weighted by Gasteiger charge is 2.13. The summed E-state index contributed by atoms with van der Waals surface area (Å²) in [6.07, 6.45) is 8.94. The molecule has 0 aliphatic rings. The Labute approximate surface area is 216 Å². The number of hydrogen-bond acceptors (Lipinski definition) is 6. The van der Waals surface area contributed by atoms with Crippen LogP contribution in [0.2, 0.25) is 0 Å². The van der Waals surface area contributed by atoms with Crippen LogP contribution in [0.3, 0.4) is 0 Å². The van der Waals surface area contributed by atoms with Gasteiger partial charge in [-0.15, -0.1) is 0 Å². The van der Waals surface area contributed by atoms with Gasteiger partial charge in [0.25, 0.3) is 0 Å². The summed E-state index contributed by atoms with van der Waals surface area (Å²) in [7, 11) is 8.29. The van der Waals surface area contributed by atoms with Crippen LogP contribution in [-0.4, -0.2) is 38.8 Å². The van der Waals surface area contributed by atoms with E-state index in [4.69, 9.17) is 18.9 Å². The van der Waals surface area contributed by atoms with E-state index >= 15 is 0 Å². The molecule has 0 spiro atoms. The van der Waals surface area contributed by atoms with E-state index < -0.39 is 0 Å². The number of ether oxygens (including phenoxy) is 4. The maximum Gasteiger partial charge on any atom is 0.203 e. The van der Waals surface area contributed by atoms with Crippen molar-refractivity contribution in [2.24, 2.45) is 7.05 Å². The molecule has 7 nitrogen and oxygen atoms in total. The number of para-hydroxylation sites is 1. The molecule has 37 heavy (non-hydrogen) atoms. The van der Waals surface area contributed by atoms with Crippen LogP contribution >= 0.6 is 0 Å². The van der Waals surface area contributed by atoms with Gasteiger partial charge in [0.15, 0.2) is 17.3 Å². The fourth-order valence-corrected chi connectivity index (χ4v) is 4.17. The van der Waals surface area contributed by atoms with Crippen molar-refractivity contribution in [1.29, 1.82) is 0 Å². The molecule has 0 unspecified atom stereocenters. The van der Waals surface area contributed by atoms with Crippen LogP contribution in [0.1, 0.15) is 21.5 Å². The molecule has 0 atom stereocenters. The van der Waals surface area contributed by atoms with E-state index in [0.717, 1.165) is 27.7 Å². The number of rotatable bonds is 10. The van der Waals surface area contributed by atoms with E-state index in [1.165, 1.54) is 6.08 Å². The Morgan fingerprint density at radius 3 is 2.16 bits per heavy atom. The van der Waals surface area contributed by atoms with Gasteiger partial charge in [0.2, 0.25) is 5.75 Å². The molecule has 3 aromatic carbocycles. The van der Waals surface area contributed by atoms with Gasteiger partial charge < -0.3 is 28.8 Å². The molecule has 0 aliphatic heterocycles. The highest BCUT2D eigenvalue weighted by Crippen LogP contribution is 2.38. The Bertz CT molecular complexity index is 1460. The van der Waals surface area contributed by atoms with Crippen LogP contribution in [0.15, 0.2) is 73.1 Å². The van der Waals surface area contributed by atoms with E-state index in [-0.39, 0.29) is 5.78 Å². The molecular formula is C30H30N2O5. The van der Waals surface area contributed by atoms with Gasteiger partial charge in [0.05, 0.1) is 34.1 Å². The molecule has 0 saturated heterocycles. The summed E-state index contributed by atoms with van der Waals surface area (Å²) < 4.78 is 23.7. The molecule has 1 aromatic heterocycles. The predicted molar refractivity (Wildman–Crippen MR) is 148 cm³/mol. The number of fused-ring (bicyclic) bond motifs is 1. The number of carbonyl (C=O) groups excluding carboxylic acids is 1. The first-order valence-corrected chi connectivity index (χ1v) is 11.7. The van der Waals surface area contributed by atoms with Crippen molar-refractivity contribution in [2.45, 2.75) is 0 Å². The van der Waals surface area contributed by atoms with E-state index in [0.29, 0.717) is 28.6 Å². The first-order valence-electron chi connectivity index (χ1n) is 11.7. The van der Waals surface area contributed by atoms with Crippen LogP contribution in [0.5, 0.6) is 23.0 Å². The Hall–Kier alpha value is -4.65. The molecule has 190 valence electrons. The molecule has 1 N–H and O–H groups in total. The van der Waals surface area contributed by atoms with Crippen molar-refractivity contribution < 1.29 is 23.7 Å². The molecule has 7 heteroatoms. The van der Waals surface area contributed by atoms with Crippen LogP contribution in [-0.2, 0) is 7.05 Å². The Morgan fingerprint density at radius 1 is 0.811 bits per heavy atom. The van der Waals surface area contributed by atoms with Crippen LogP contribution in [0.25, 0.3) is 23.1 Å². The minimum atomic E-state index is -0.0817. The first kappa shape index (κ1) is 25.4. The number of ketones is 1. The van der Waals surface area contributed by atoms with E-state index in [9.17, 15) is 4.79 Å². The molecule has 4 aromatic rings. The molecule has 0 radical (unpaired) electrons. The SMILES string of the molecule is COc1ccc(/C=C/c2cc(OC)c(OC)c(OC)c2)cc1N/C=C\C(=O)c1cn(C)c2ccccc12. The summed E-state index contributed by atoms with van der Waals surface area (Å²) >= 11 is 0. The number of nitrogens with one attached hydrogen (secondary N) is 1. The van der Waals surface area contributed by atoms with Crippen LogP contribution in [0.4, 0.5) is 5.69 Å². The summed E-state index contributed by atoms with van der Waals surface area (Å²) in [5, 5.41) is 4.11. The maximum absolute atomic E-state index is 12.9. The number of aryl methyl sites for hydroxylation is 1. The van der Waals surface area contributed by atoms with Crippen molar-refractivity contribution in [2.75, 3.05) is 33.8 Å². The number of nitrogens with zero attached hydrogens (tertiary/aromatic N) is 1. The molecule has 0 bridgehead atoms. The summed E-state index contributed by atoms with van der Waals surface area (Å²) in [5.74, 6) is 2.29. The molecule has 0 amide bonds. The average molecular weight is 499 g/mol. The largest absolute Gasteiger partial charge is 0.495 e. The quantitative estimate of drug-likeness (QED) is 0.160. The molecule has 0 fully saturated rings. The number of anilines is 1. The van der Waals surface area contributed by atoms with Gasteiger partial charge in [0, 0.05) is 42.0 Å². The number of aromatic nitrogens is 1. The topological polar surface area (TPSA) is 71.0 Å². The Balaban J connectivity index is 1.54. The van der Waals surface area contributed by atoms with Crippen molar-refractivity contribution in [1.82, 2.24) is 4.57 Å². The minimum Gasteiger partial charge on any atom is -0.495 e. The first-order chi connectivity index (χ1) is 18.0. The molecule has 1 heterocycles. The number of carbonyl (C=O) groups is 1. The lowest BCUT2D eigenvalue weighted by molar-refractivity contribution is 0.104. The Morgan fingerprint density at radius 2 is 1.49 bits per heavy atom. The normalized spacial score (nSPS) is 11.3. The summed E-state index contributed by atoms with van der Waals surface area (Å²) in [6.45, 7) is 0. The van der Waals surface area contributed by atoms with Crippen molar-refractivity contribution in [3.8, 4) is 23.0 Å². The highest BCUT2D eigenvalue weighted by molar-refractivity contribution is 6.13. The third-order valence-electron chi connectivity index (χ3n) is 6.01. The molecule has 0 aliphatic carbocycles. The van der Waals surface area contributed by atoms with E-state index in [2.05, 4.69) is 5.32 Å². The Kier molecular flexibility index (Phi) is 7.83. The maximum atomic E-state index is 12.9. The van der Waals surface area contributed by atoms with Gasteiger partial charge in [0.1, 0.15) is 5.75 Å². The minimum absolute atomic E-state index is 0.0817. The molecule has 0 saturated carbocycles. The fourth-order valence-electron chi connectivity index (χ4n) is 4.17. The number of allylic oxidation sites excluding steroid dienone is 1. The zero-order valence-corrected chi connectivity index (χ0v) is 21.6. The fraction of sp³-hybridized carbons (Fsp3) is 0.167. The summed E-state index contributed by atoms with van der Waals surface area (Å²) in [4.78, 5) is 12.9. The second kappa shape index (κ2) is 11.4. The van der Waals surface area contributed by atoms with Gasteiger partial charge >= 0.3 is 0 Å². The standard InChI is InChI=1S/C30H30N2O5/c1-32-19-23(22-8-6-7-9-25(22)32)26(33)14-15-31-24-16-20(12-13-27(24)34-2)10-11-21-17-28(35-3)30(37-5)29(18-21)36-4/h6-19,31H,1-5H3/b11-10+,15-14-. The lowest BCUT2D eigenvalue weighted by atomic mass is 10.1. The second-order valence-electron chi connectivity index (χ2n) is 8.26. The number of methoxy groups -OCH3 is 4. The number of benzene rings is 3. The highest BCUT2D eigenvalue weighted by atomic mass is 16.5. The summed E-state index contributed by atoms with van der Waals surface area (Å²) in [5.41, 5.74) is 4.23. The zero-order chi connectivity index (χ0) is 26.4. The van der Waals surface area contributed by atoms with E-state index in [1.807, 2.05) is 84.6 Å². The average Bonchev–Trinajstić information content (AvgIpc) is 3.27. The van der Waals surface area contributed by atoms with Gasteiger partial charge in [-0.3, -0.25) is 4.79 Å². The predicted octanol–water partition coefficient (Wildman–Crippen LogP) is 6.19. The third-order valence-corrected chi connectivity index (χ3v) is 6.01. The van der Waals surface area contributed by atoms with Gasteiger partial charge in [-0.05, 0) is 41.5 Å². The van der Waals surface area contributed by atoms with Crippen molar-refractivity contribution in [3.05, 3.63) is 89.8 Å². The lowest BCUT2D eigenvalue weighted by Gasteiger charge is -2.13. The van der Waals surface area contributed by atoms with E-state index in [1.54, 1.807) is 34.6 Å². The van der Waals surface area contributed by atoms with Crippen LogP contribution in [0, 0.1) is 0 Å². The summed E-state index contributed by atoms with van der Waals surface area (Å²) in [6, 6.07) is 17.4. The monoisotopic (exact) mass is 498 g/mol. The zero-order valence-electron chi connectivity index (χ0n) is 21.6. The third kappa shape index (κ3) is 5.46. The number of hydrogen-bond donors (Lipinski definition) is 1.